The Bertz CT molecular complexity index is 219. The molecule has 6 N–H and O–H groups in total. The molecule has 0 saturated heterocycles. The van der Waals surface area contributed by atoms with Gasteiger partial charge in [0, 0.05) is 0 Å². The Morgan fingerprint density at radius 3 is 1.47 bits per heavy atom. The Morgan fingerprint density at radius 1 is 0.933 bits per heavy atom. The number of hydrogen-bond donors (Lipinski definition) is 6. The number of aliphatic hydroxyl groups excluding tert-OH is 4. The summed E-state index contributed by atoms with van der Waals surface area (Å²) in [5, 5.41) is 52.4. The van der Waals surface area contributed by atoms with Crippen LogP contribution in [-0.2, 0) is 9.59 Å². The second-order valence-electron chi connectivity index (χ2n) is 2.89. The molecule has 0 bridgehead atoms. The van der Waals surface area contributed by atoms with E-state index in [4.69, 9.17) is 30.6 Å². The molecule has 3 atom stereocenters. The zero-order valence-electron chi connectivity index (χ0n) is 7.52. The van der Waals surface area contributed by atoms with Crippen LogP contribution >= 0.6 is 0 Å². The second kappa shape index (κ2) is 5.61. The topological polar surface area (TPSA) is 156 Å². The summed E-state index contributed by atoms with van der Waals surface area (Å²) < 4.78 is 0. The van der Waals surface area contributed by atoms with Crippen molar-refractivity contribution in [3.05, 3.63) is 0 Å². The summed E-state index contributed by atoms with van der Waals surface area (Å²) in [6.45, 7) is -0.973. The molecule has 15 heavy (non-hydrogen) atoms. The van der Waals surface area contributed by atoms with E-state index < -0.39 is 42.8 Å². The molecule has 0 aliphatic heterocycles. The van der Waals surface area contributed by atoms with Gasteiger partial charge in [-0.25, -0.2) is 9.59 Å². The molecule has 0 heterocycles. The minimum absolute atomic E-state index is 0.973. The predicted molar refractivity (Wildman–Crippen MR) is 43.9 cm³/mol. The van der Waals surface area contributed by atoms with Gasteiger partial charge in [0.2, 0.25) is 0 Å². The Labute approximate surface area is 84.0 Å². The average Bonchev–Trinajstić information content (AvgIpc) is 2.16. The van der Waals surface area contributed by atoms with Gasteiger partial charge >= 0.3 is 11.9 Å². The molecule has 0 aromatic rings. The molecule has 0 spiro atoms. The van der Waals surface area contributed by atoms with Crippen LogP contribution in [0.5, 0.6) is 0 Å². The van der Waals surface area contributed by atoms with Crippen LogP contribution in [0.25, 0.3) is 0 Å². The SMILES string of the molecule is O=C(O)C(O)C(C(O)CO)C(O)C(=O)O. The molecule has 0 aliphatic rings. The lowest BCUT2D eigenvalue weighted by Gasteiger charge is -2.26. The molecule has 8 heteroatoms. The van der Waals surface area contributed by atoms with E-state index in [1.165, 1.54) is 0 Å². The minimum atomic E-state index is -2.28. The van der Waals surface area contributed by atoms with Gasteiger partial charge in [-0.2, -0.15) is 0 Å². The van der Waals surface area contributed by atoms with Crippen molar-refractivity contribution in [1.29, 1.82) is 0 Å². The molecular formula is C7H12O8. The van der Waals surface area contributed by atoms with Crippen molar-refractivity contribution in [3.63, 3.8) is 0 Å². The maximum absolute atomic E-state index is 10.3. The molecule has 88 valence electrons. The quantitative estimate of drug-likeness (QED) is 0.276. The van der Waals surface area contributed by atoms with Crippen LogP contribution < -0.4 is 0 Å². The lowest BCUT2D eigenvalue weighted by molar-refractivity contribution is -0.168. The van der Waals surface area contributed by atoms with E-state index >= 15 is 0 Å². The van der Waals surface area contributed by atoms with Crippen molar-refractivity contribution < 1.29 is 40.2 Å². The number of carboxylic acid groups (broad SMARTS) is 2. The third kappa shape index (κ3) is 3.44. The monoisotopic (exact) mass is 224 g/mol. The van der Waals surface area contributed by atoms with Gasteiger partial charge in [-0.15, -0.1) is 0 Å². The highest BCUT2D eigenvalue weighted by Gasteiger charge is 2.40. The molecule has 8 nitrogen and oxygen atoms in total. The number of hydrogen-bond acceptors (Lipinski definition) is 6. The zero-order valence-corrected chi connectivity index (χ0v) is 7.52. The van der Waals surface area contributed by atoms with Crippen LogP contribution in [-0.4, -0.2) is 67.5 Å². The largest absolute Gasteiger partial charge is 0.479 e. The molecule has 0 saturated carbocycles. The van der Waals surface area contributed by atoms with Gasteiger partial charge in [0.25, 0.3) is 0 Å². The normalized spacial score (nSPS) is 18.9. The van der Waals surface area contributed by atoms with Crippen LogP contribution in [0.15, 0.2) is 0 Å². The Balaban J connectivity index is 4.87. The predicted octanol–water partition coefficient (Wildman–Crippen LogP) is -3.15. The summed E-state index contributed by atoms with van der Waals surface area (Å²) in [5.41, 5.74) is 0. The van der Waals surface area contributed by atoms with Crippen molar-refractivity contribution in [1.82, 2.24) is 0 Å². The number of aliphatic hydroxyl groups is 4. The maximum Gasteiger partial charge on any atom is 0.333 e. The molecule has 0 aliphatic carbocycles. The van der Waals surface area contributed by atoms with Gasteiger partial charge in [0.05, 0.1) is 18.6 Å². The average molecular weight is 224 g/mol. The Morgan fingerprint density at radius 2 is 1.27 bits per heavy atom. The third-order valence-electron chi connectivity index (χ3n) is 1.87. The molecule has 0 rings (SSSR count). The van der Waals surface area contributed by atoms with E-state index in [1.807, 2.05) is 0 Å². The highest BCUT2D eigenvalue weighted by molar-refractivity contribution is 5.77. The fourth-order valence-corrected chi connectivity index (χ4v) is 1.04. The summed E-state index contributed by atoms with van der Waals surface area (Å²) in [6.07, 6.45) is -6.40. The van der Waals surface area contributed by atoms with Gasteiger partial charge in [-0.05, 0) is 0 Å². The summed E-state index contributed by atoms with van der Waals surface area (Å²) in [6, 6.07) is 0. The molecular weight excluding hydrogens is 212 g/mol. The summed E-state index contributed by atoms with van der Waals surface area (Å²) in [7, 11) is 0. The van der Waals surface area contributed by atoms with E-state index in [0.717, 1.165) is 0 Å². The van der Waals surface area contributed by atoms with Gasteiger partial charge in [0.15, 0.2) is 12.2 Å². The van der Waals surface area contributed by atoms with E-state index in [2.05, 4.69) is 0 Å². The van der Waals surface area contributed by atoms with Gasteiger partial charge in [-0.1, -0.05) is 0 Å². The number of carbonyl (C=O) groups is 2. The van der Waals surface area contributed by atoms with Crippen molar-refractivity contribution in [2.75, 3.05) is 6.61 Å². The fourth-order valence-electron chi connectivity index (χ4n) is 1.04. The standard InChI is InChI=1S/C7H12O8/c8-1-2(9)3(4(10)6(12)13)5(11)7(14)15/h2-5,8-11H,1H2,(H,12,13)(H,14,15). The first-order chi connectivity index (χ1) is 6.82. The minimum Gasteiger partial charge on any atom is -0.479 e. The van der Waals surface area contributed by atoms with Gasteiger partial charge in [-0.3, -0.25) is 0 Å². The summed E-state index contributed by atoms with van der Waals surface area (Å²) >= 11 is 0. The van der Waals surface area contributed by atoms with E-state index in [-0.39, 0.29) is 0 Å². The van der Waals surface area contributed by atoms with E-state index in [0.29, 0.717) is 0 Å². The zero-order chi connectivity index (χ0) is 12.2. The van der Waals surface area contributed by atoms with Crippen LogP contribution in [0.4, 0.5) is 0 Å². The van der Waals surface area contributed by atoms with Crippen molar-refractivity contribution >= 4 is 11.9 Å². The maximum atomic E-state index is 10.3. The summed E-state index contributed by atoms with van der Waals surface area (Å²) in [5.74, 6) is -5.49. The second-order valence-corrected chi connectivity index (χ2v) is 2.89. The van der Waals surface area contributed by atoms with Crippen LogP contribution in [0, 0.1) is 5.92 Å². The lowest BCUT2D eigenvalue weighted by atomic mass is 9.90. The number of carboxylic acids is 2. The molecule has 0 amide bonds. The van der Waals surface area contributed by atoms with Crippen LogP contribution in [0.2, 0.25) is 0 Å². The van der Waals surface area contributed by atoms with Crippen molar-refractivity contribution in [2.45, 2.75) is 18.3 Å². The van der Waals surface area contributed by atoms with Gasteiger partial charge < -0.3 is 30.6 Å². The van der Waals surface area contributed by atoms with E-state index in [1.54, 1.807) is 0 Å². The molecule has 0 fully saturated rings. The first-order valence-corrected chi connectivity index (χ1v) is 3.93. The van der Waals surface area contributed by atoms with Crippen LogP contribution in [0.3, 0.4) is 0 Å². The first kappa shape index (κ1) is 13.8. The molecule has 0 aromatic heterocycles. The third-order valence-corrected chi connectivity index (χ3v) is 1.87. The van der Waals surface area contributed by atoms with Crippen LogP contribution in [0.1, 0.15) is 0 Å². The lowest BCUT2D eigenvalue weighted by Crippen LogP contribution is -2.48. The summed E-state index contributed by atoms with van der Waals surface area (Å²) in [4.78, 5) is 20.7. The van der Waals surface area contributed by atoms with Crippen molar-refractivity contribution in [3.8, 4) is 0 Å². The Kier molecular flexibility index (Phi) is 5.15. The smallest absolute Gasteiger partial charge is 0.333 e. The highest BCUT2D eigenvalue weighted by atomic mass is 16.4. The van der Waals surface area contributed by atoms with Crippen molar-refractivity contribution in [2.24, 2.45) is 5.92 Å². The number of rotatable bonds is 6. The first-order valence-electron chi connectivity index (χ1n) is 3.93. The number of aliphatic carboxylic acids is 2. The van der Waals surface area contributed by atoms with E-state index in [9.17, 15) is 9.59 Å². The highest BCUT2D eigenvalue weighted by Crippen LogP contribution is 2.15. The van der Waals surface area contributed by atoms with Gasteiger partial charge in [0.1, 0.15) is 0 Å². The molecule has 0 aromatic carbocycles. The molecule has 0 radical (unpaired) electrons. The fraction of sp³-hybridized carbons (Fsp3) is 0.714. The Hall–Kier alpha value is -1.22. The molecule has 3 unspecified atom stereocenters.